The van der Waals surface area contributed by atoms with Crippen LogP contribution in [0.4, 0.5) is 19.0 Å². The second-order valence-electron chi connectivity index (χ2n) is 13.4. The van der Waals surface area contributed by atoms with Gasteiger partial charge in [0.05, 0.1) is 12.7 Å². The van der Waals surface area contributed by atoms with E-state index in [9.17, 15) is 32.7 Å². The Hall–Kier alpha value is -5.09. The van der Waals surface area contributed by atoms with Crippen molar-refractivity contribution in [3.05, 3.63) is 119 Å². The maximum Gasteiger partial charge on any atom is 0.471 e. The molecule has 3 N–H and O–H groups in total. The largest absolute Gasteiger partial charge is 0.484 e. The SMILES string of the molecule is CC(C)(C)[Si](OC[C@H]1O[C@@H](n2cc(/C=C/CNC(=O)C(F)(F)F)c(NC(=O)COc3ccccc3)nc2=O)CC1O)(c1ccccc1)c1ccccc1. The van der Waals surface area contributed by atoms with Crippen LogP contribution in [0, 0.1) is 0 Å². The summed E-state index contributed by atoms with van der Waals surface area (Å²) in [6.07, 6.45) is -4.12. The fourth-order valence-corrected chi connectivity index (χ4v) is 10.8. The zero-order valence-corrected chi connectivity index (χ0v) is 30.4. The summed E-state index contributed by atoms with van der Waals surface area (Å²) in [4.78, 5) is 41.5. The van der Waals surface area contributed by atoms with E-state index < -0.39 is 63.6 Å². The lowest BCUT2D eigenvalue weighted by Crippen LogP contribution is -2.67. The molecule has 0 spiro atoms. The number of para-hydroxylation sites is 1. The first-order chi connectivity index (χ1) is 25.2. The molecule has 5 rings (SSSR count). The van der Waals surface area contributed by atoms with Crippen LogP contribution in [0.2, 0.25) is 5.04 Å². The molecule has 3 atom stereocenters. The van der Waals surface area contributed by atoms with Crippen LogP contribution in [0.3, 0.4) is 0 Å². The first kappa shape index (κ1) is 39.1. The van der Waals surface area contributed by atoms with Gasteiger partial charge in [-0.25, -0.2) is 4.79 Å². The van der Waals surface area contributed by atoms with E-state index in [1.807, 2.05) is 60.7 Å². The molecule has 0 bridgehead atoms. The second kappa shape index (κ2) is 16.7. The molecule has 3 aromatic carbocycles. The lowest BCUT2D eigenvalue weighted by molar-refractivity contribution is -0.173. The average Bonchev–Trinajstić information content (AvgIpc) is 3.50. The van der Waals surface area contributed by atoms with Crippen LogP contribution in [0.5, 0.6) is 5.75 Å². The minimum absolute atomic E-state index is 0.00221. The number of carbonyl (C=O) groups is 2. The van der Waals surface area contributed by atoms with E-state index in [0.717, 1.165) is 14.9 Å². The Morgan fingerprint density at radius 3 is 2.13 bits per heavy atom. The summed E-state index contributed by atoms with van der Waals surface area (Å²) in [6, 6.07) is 28.4. The van der Waals surface area contributed by atoms with Crippen LogP contribution in [-0.2, 0) is 18.8 Å². The van der Waals surface area contributed by atoms with Crippen molar-refractivity contribution in [2.24, 2.45) is 0 Å². The molecule has 280 valence electrons. The second-order valence-corrected chi connectivity index (χ2v) is 17.7. The molecule has 1 fully saturated rings. The zero-order chi connectivity index (χ0) is 38.2. The number of amides is 2. The molecule has 0 saturated carbocycles. The zero-order valence-electron chi connectivity index (χ0n) is 29.4. The van der Waals surface area contributed by atoms with Gasteiger partial charge in [0.25, 0.3) is 14.2 Å². The smallest absolute Gasteiger partial charge is 0.471 e. The first-order valence-corrected chi connectivity index (χ1v) is 18.8. The molecule has 15 heteroatoms. The van der Waals surface area contributed by atoms with Gasteiger partial charge in [-0.05, 0) is 27.5 Å². The van der Waals surface area contributed by atoms with Gasteiger partial charge in [0.2, 0.25) is 0 Å². The summed E-state index contributed by atoms with van der Waals surface area (Å²) in [7, 11) is -2.99. The third kappa shape index (κ3) is 9.48. The fourth-order valence-electron chi connectivity index (χ4n) is 6.19. The molecular formula is C38H41F3N4O7Si. The Balaban J connectivity index is 1.38. The van der Waals surface area contributed by atoms with Gasteiger partial charge in [0, 0.05) is 24.7 Å². The van der Waals surface area contributed by atoms with Crippen molar-refractivity contribution >= 4 is 42.4 Å². The lowest BCUT2D eigenvalue weighted by atomic mass is 10.2. The van der Waals surface area contributed by atoms with Gasteiger partial charge in [-0.2, -0.15) is 18.2 Å². The number of nitrogens with zero attached hydrogens (tertiary/aromatic N) is 2. The van der Waals surface area contributed by atoms with Gasteiger partial charge in [-0.15, -0.1) is 0 Å². The monoisotopic (exact) mass is 750 g/mol. The van der Waals surface area contributed by atoms with Gasteiger partial charge in [-0.1, -0.05) is 112 Å². The van der Waals surface area contributed by atoms with E-state index in [1.165, 1.54) is 18.3 Å². The minimum atomic E-state index is -5.07. The highest BCUT2D eigenvalue weighted by Gasteiger charge is 2.51. The maximum absolute atomic E-state index is 13.4. The summed E-state index contributed by atoms with van der Waals surface area (Å²) in [5, 5.41) is 17.2. The molecule has 53 heavy (non-hydrogen) atoms. The molecule has 11 nitrogen and oxygen atoms in total. The van der Waals surface area contributed by atoms with Gasteiger partial charge in [0.15, 0.2) is 6.61 Å². The van der Waals surface area contributed by atoms with E-state index in [2.05, 4.69) is 31.1 Å². The van der Waals surface area contributed by atoms with Crippen molar-refractivity contribution < 1.29 is 41.8 Å². The van der Waals surface area contributed by atoms with E-state index >= 15 is 0 Å². The van der Waals surface area contributed by atoms with Crippen molar-refractivity contribution in [2.75, 3.05) is 25.1 Å². The third-order valence-corrected chi connectivity index (χ3v) is 13.7. The van der Waals surface area contributed by atoms with Crippen molar-refractivity contribution in [1.29, 1.82) is 0 Å². The first-order valence-electron chi connectivity index (χ1n) is 16.9. The van der Waals surface area contributed by atoms with Gasteiger partial charge in [-0.3, -0.25) is 14.2 Å². The molecule has 2 heterocycles. The summed E-state index contributed by atoms with van der Waals surface area (Å²) >= 11 is 0. The summed E-state index contributed by atoms with van der Waals surface area (Å²) in [6.45, 7) is 5.44. The number of rotatable bonds is 13. The fraction of sp³-hybridized carbons (Fsp3) is 0.316. The topological polar surface area (TPSA) is 141 Å². The Labute approximate surface area is 305 Å². The normalized spacial score (nSPS) is 17.8. The molecule has 1 unspecified atom stereocenters. The molecule has 4 aromatic rings. The number of anilines is 1. The van der Waals surface area contributed by atoms with Gasteiger partial charge in [0.1, 0.15) is 23.9 Å². The molecule has 1 aromatic heterocycles. The van der Waals surface area contributed by atoms with Crippen LogP contribution in [0.25, 0.3) is 6.08 Å². The number of alkyl halides is 3. The third-order valence-electron chi connectivity index (χ3n) is 8.68. The van der Waals surface area contributed by atoms with E-state index in [0.29, 0.717) is 5.75 Å². The number of aromatic nitrogens is 2. The Morgan fingerprint density at radius 1 is 0.981 bits per heavy atom. The highest BCUT2D eigenvalue weighted by Crippen LogP contribution is 2.38. The molecule has 0 aliphatic carbocycles. The van der Waals surface area contributed by atoms with Crippen molar-refractivity contribution in [3.8, 4) is 5.75 Å². The van der Waals surface area contributed by atoms with Crippen LogP contribution in [0.15, 0.2) is 108 Å². The maximum atomic E-state index is 13.4. The standard InChI is InChI=1S/C38H41F3N4O7Si/c1-37(2,3)53(28-17-9-5-10-18-28,29-19-11-6-12-20-29)51-24-31-30(46)22-33(52-31)45-23-26(14-13-21-42-35(48)38(39,40)41)34(44-36(45)49)43-32(47)25-50-27-15-7-4-8-16-27/h4-20,23,30-31,33,46H,21-22,24-25H2,1-3H3,(H,42,48)(H,43,44,47,49)/b14-13+/t30?,31-,33-/m1/s1. The number of aliphatic hydroxyl groups excluding tert-OH is 1. The molecule has 1 saturated heterocycles. The van der Waals surface area contributed by atoms with Crippen LogP contribution < -0.4 is 31.4 Å². The van der Waals surface area contributed by atoms with Crippen molar-refractivity contribution in [3.63, 3.8) is 0 Å². The number of hydrogen-bond acceptors (Lipinski definition) is 8. The summed E-state index contributed by atoms with van der Waals surface area (Å²) < 4.78 is 57.9. The Kier molecular flexibility index (Phi) is 12.3. The van der Waals surface area contributed by atoms with Gasteiger partial charge >= 0.3 is 17.8 Å². The molecule has 0 radical (unpaired) electrons. The van der Waals surface area contributed by atoms with Crippen molar-refractivity contribution in [2.45, 2.75) is 56.8 Å². The highest BCUT2D eigenvalue weighted by molar-refractivity contribution is 6.99. The quantitative estimate of drug-likeness (QED) is 0.173. The molecule has 1 aliphatic heterocycles. The number of ether oxygens (including phenoxy) is 2. The van der Waals surface area contributed by atoms with Crippen LogP contribution >= 0.6 is 0 Å². The number of nitrogens with one attached hydrogen (secondary N) is 2. The lowest BCUT2D eigenvalue weighted by Gasteiger charge is -2.43. The molecule has 2 amide bonds. The Morgan fingerprint density at radius 2 is 1.57 bits per heavy atom. The van der Waals surface area contributed by atoms with E-state index in [1.54, 1.807) is 35.6 Å². The van der Waals surface area contributed by atoms with E-state index in [-0.39, 0.29) is 29.4 Å². The summed E-state index contributed by atoms with van der Waals surface area (Å²) in [5.41, 5.74) is -0.707. The highest BCUT2D eigenvalue weighted by atomic mass is 28.4. The minimum Gasteiger partial charge on any atom is -0.484 e. The van der Waals surface area contributed by atoms with Crippen molar-refractivity contribution in [1.82, 2.24) is 14.9 Å². The number of hydrogen-bond donors (Lipinski definition) is 3. The number of aliphatic hydroxyl groups is 1. The van der Waals surface area contributed by atoms with Crippen LogP contribution in [0.1, 0.15) is 39.0 Å². The predicted molar refractivity (Wildman–Crippen MR) is 195 cm³/mol. The number of halogens is 3. The summed E-state index contributed by atoms with van der Waals surface area (Å²) in [5.74, 6) is -2.56. The molecular weight excluding hydrogens is 710 g/mol. The number of benzene rings is 3. The van der Waals surface area contributed by atoms with Crippen LogP contribution in [-0.4, -0.2) is 72.9 Å². The predicted octanol–water partition coefficient (Wildman–Crippen LogP) is 4.18. The number of carbonyl (C=O) groups excluding carboxylic acids is 2. The van der Waals surface area contributed by atoms with Gasteiger partial charge < -0.3 is 29.6 Å². The Bertz CT molecular complexity index is 1900. The van der Waals surface area contributed by atoms with E-state index in [4.69, 9.17) is 13.9 Å². The average molecular weight is 751 g/mol. The molecule has 1 aliphatic rings.